The van der Waals surface area contributed by atoms with Crippen molar-refractivity contribution in [2.75, 3.05) is 0 Å². The highest BCUT2D eigenvalue weighted by molar-refractivity contribution is 7.98. The highest BCUT2D eigenvalue weighted by Gasteiger charge is 2.17. The normalized spacial score (nSPS) is 11.1. The summed E-state index contributed by atoms with van der Waals surface area (Å²) >= 11 is 8.06. The molecule has 0 fully saturated rings. The zero-order valence-corrected chi connectivity index (χ0v) is 17.6. The molecule has 30 heavy (non-hydrogen) atoms. The number of rotatable bonds is 5. The predicted octanol–water partition coefficient (Wildman–Crippen LogP) is 7.03. The van der Waals surface area contributed by atoms with Crippen LogP contribution in [0.3, 0.4) is 0 Å². The van der Waals surface area contributed by atoms with E-state index in [1.807, 2.05) is 42.5 Å². The fourth-order valence-electron chi connectivity index (χ4n) is 3.53. The van der Waals surface area contributed by atoms with E-state index in [-0.39, 0.29) is 0 Å². The number of para-hydroxylation sites is 1. The Morgan fingerprint density at radius 1 is 0.800 bits per heavy atom. The van der Waals surface area contributed by atoms with Crippen molar-refractivity contribution in [2.45, 2.75) is 10.8 Å². The zero-order valence-electron chi connectivity index (χ0n) is 16.1. The second-order valence-electron chi connectivity index (χ2n) is 6.87. The van der Waals surface area contributed by atoms with Crippen LogP contribution in [-0.2, 0) is 5.75 Å². The molecule has 0 aliphatic carbocycles. The van der Waals surface area contributed by atoms with Crippen LogP contribution in [0, 0.1) is 0 Å². The summed E-state index contributed by atoms with van der Waals surface area (Å²) in [6, 6.07) is 28.6. The molecule has 5 rings (SSSR count). The second-order valence-corrected chi connectivity index (χ2v) is 8.24. The van der Waals surface area contributed by atoms with Gasteiger partial charge in [0.1, 0.15) is 17.0 Å². The first-order valence-corrected chi connectivity index (χ1v) is 11.0. The van der Waals surface area contributed by atoms with E-state index in [1.165, 1.54) is 0 Å². The lowest BCUT2D eigenvalue weighted by atomic mass is 10.1. The maximum Gasteiger partial charge on any atom is 0.149 e. The maximum absolute atomic E-state index is 6.37. The predicted molar refractivity (Wildman–Crippen MR) is 125 cm³/mol. The lowest BCUT2D eigenvalue weighted by Crippen LogP contribution is -1.94. The van der Waals surface area contributed by atoms with Crippen molar-refractivity contribution < 1.29 is 0 Å². The maximum atomic E-state index is 6.37. The van der Waals surface area contributed by atoms with E-state index in [1.54, 1.807) is 18.1 Å². The van der Waals surface area contributed by atoms with Gasteiger partial charge in [-0.3, -0.25) is 0 Å². The fraction of sp³-hybridized carbons (Fsp3) is 0.0400. The van der Waals surface area contributed by atoms with Crippen LogP contribution in [0.2, 0.25) is 5.02 Å². The van der Waals surface area contributed by atoms with Crippen molar-refractivity contribution in [3.8, 4) is 16.8 Å². The van der Waals surface area contributed by atoms with Crippen molar-refractivity contribution >= 4 is 34.4 Å². The molecule has 0 aliphatic heterocycles. The van der Waals surface area contributed by atoms with Gasteiger partial charge >= 0.3 is 0 Å². The van der Waals surface area contributed by atoms with Gasteiger partial charge in [-0.1, -0.05) is 78.3 Å². The van der Waals surface area contributed by atoms with Crippen LogP contribution in [0.5, 0.6) is 0 Å². The molecule has 5 aromatic rings. The smallest absolute Gasteiger partial charge is 0.149 e. The Balaban J connectivity index is 1.66. The van der Waals surface area contributed by atoms with Crippen molar-refractivity contribution in [1.29, 1.82) is 0 Å². The molecule has 0 unspecified atom stereocenters. The topological polar surface area (TPSA) is 30.7 Å². The summed E-state index contributed by atoms with van der Waals surface area (Å²) in [6.07, 6.45) is 3.80. The van der Waals surface area contributed by atoms with Crippen molar-refractivity contribution in [2.24, 2.45) is 0 Å². The molecule has 3 aromatic carbocycles. The number of hydrogen-bond donors (Lipinski definition) is 0. The number of nitrogens with zero attached hydrogens (tertiary/aromatic N) is 3. The lowest BCUT2D eigenvalue weighted by molar-refractivity contribution is 1.04. The number of fused-ring (bicyclic) bond motifs is 1. The van der Waals surface area contributed by atoms with Gasteiger partial charge < -0.3 is 4.57 Å². The first-order valence-electron chi connectivity index (χ1n) is 9.64. The van der Waals surface area contributed by atoms with Crippen LogP contribution in [0.4, 0.5) is 0 Å². The highest BCUT2D eigenvalue weighted by Crippen LogP contribution is 2.38. The van der Waals surface area contributed by atoms with Crippen LogP contribution in [-0.4, -0.2) is 14.5 Å². The Kier molecular flexibility index (Phi) is 5.26. The van der Waals surface area contributed by atoms with Gasteiger partial charge in [0.25, 0.3) is 0 Å². The molecule has 0 saturated heterocycles. The van der Waals surface area contributed by atoms with E-state index in [0.717, 1.165) is 49.2 Å². The third kappa shape index (κ3) is 3.60. The molecular weight excluding hydrogens is 410 g/mol. The molecule has 146 valence electrons. The minimum absolute atomic E-state index is 0.747. The van der Waals surface area contributed by atoms with E-state index >= 15 is 0 Å². The minimum Gasteiger partial charge on any atom is -0.301 e. The van der Waals surface area contributed by atoms with Crippen LogP contribution >= 0.6 is 23.4 Å². The molecule has 0 bridgehead atoms. The van der Waals surface area contributed by atoms with Crippen molar-refractivity contribution in [3.63, 3.8) is 0 Å². The van der Waals surface area contributed by atoms with Crippen molar-refractivity contribution in [3.05, 3.63) is 108 Å². The van der Waals surface area contributed by atoms with Crippen LogP contribution in [0.1, 0.15) is 5.56 Å². The SMILES string of the molecule is Clc1ccccc1CSc1ncnc2c1c(-c1ccccc1)cn2-c1ccccc1. The summed E-state index contributed by atoms with van der Waals surface area (Å²) < 4.78 is 2.14. The molecule has 0 N–H and O–H groups in total. The van der Waals surface area contributed by atoms with Crippen LogP contribution in [0.15, 0.2) is 102 Å². The van der Waals surface area contributed by atoms with Gasteiger partial charge in [-0.05, 0) is 29.3 Å². The average Bonchev–Trinajstić information content (AvgIpc) is 3.20. The summed E-state index contributed by atoms with van der Waals surface area (Å²) in [4.78, 5) is 9.29. The summed E-state index contributed by atoms with van der Waals surface area (Å²) in [5.74, 6) is 0.747. The average molecular weight is 428 g/mol. The Morgan fingerprint density at radius 2 is 1.50 bits per heavy atom. The number of halogens is 1. The van der Waals surface area contributed by atoms with Crippen LogP contribution < -0.4 is 0 Å². The number of thioether (sulfide) groups is 1. The number of aromatic nitrogens is 3. The van der Waals surface area contributed by atoms with Gasteiger partial charge in [-0.15, -0.1) is 11.8 Å². The molecule has 5 heteroatoms. The molecule has 3 nitrogen and oxygen atoms in total. The fourth-order valence-corrected chi connectivity index (χ4v) is 4.82. The van der Waals surface area contributed by atoms with E-state index in [2.05, 4.69) is 63.2 Å². The molecule has 2 heterocycles. The van der Waals surface area contributed by atoms with E-state index < -0.39 is 0 Å². The molecule has 0 amide bonds. The first-order chi connectivity index (χ1) is 14.8. The summed E-state index contributed by atoms with van der Waals surface area (Å²) in [6.45, 7) is 0. The molecule has 0 atom stereocenters. The Bertz CT molecular complexity index is 1300. The minimum atomic E-state index is 0.747. The van der Waals surface area contributed by atoms with Gasteiger partial charge in [0.15, 0.2) is 0 Å². The molecule has 0 aliphatic rings. The third-order valence-corrected chi connectivity index (χ3v) is 6.40. The third-order valence-electron chi connectivity index (χ3n) is 4.99. The Labute approximate surface area is 184 Å². The zero-order chi connectivity index (χ0) is 20.3. The summed E-state index contributed by atoms with van der Waals surface area (Å²) in [5.41, 5.74) is 5.34. The largest absolute Gasteiger partial charge is 0.301 e. The monoisotopic (exact) mass is 427 g/mol. The summed E-state index contributed by atoms with van der Waals surface area (Å²) in [7, 11) is 0. The van der Waals surface area contributed by atoms with Gasteiger partial charge in [0.05, 0.1) is 5.39 Å². The highest BCUT2D eigenvalue weighted by atomic mass is 35.5. The molecular formula is C25H18ClN3S. The number of benzene rings is 3. The van der Waals surface area contributed by atoms with E-state index in [0.29, 0.717) is 0 Å². The molecule has 0 saturated carbocycles. The van der Waals surface area contributed by atoms with Crippen LogP contribution in [0.25, 0.3) is 27.8 Å². The van der Waals surface area contributed by atoms with Gasteiger partial charge in [-0.2, -0.15) is 0 Å². The summed E-state index contributed by atoms with van der Waals surface area (Å²) in [5, 5.41) is 2.79. The Hall–Kier alpha value is -3.08. The lowest BCUT2D eigenvalue weighted by Gasteiger charge is -2.07. The van der Waals surface area contributed by atoms with Gasteiger partial charge in [-0.25, -0.2) is 9.97 Å². The van der Waals surface area contributed by atoms with E-state index in [9.17, 15) is 0 Å². The van der Waals surface area contributed by atoms with Crippen molar-refractivity contribution in [1.82, 2.24) is 14.5 Å². The van der Waals surface area contributed by atoms with Gasteiger partial charge in [0, 0.05) is 28.2 Å². The Morgan fingerprint density at radius 3 is 2.27 bits per heavy atom. The second kappa shape index (κ2) is 8.34. The molecule has 0 spiro atoms. The van der Waals surface area contributed by atoms with E-state index in [4.69, 9.17) is 11.6 Å². The molecule has 0 radical (unpaired) electrons. The standard InChI is InChI=1S/C25H18ClN3S/c26-22-14-8-7-11-19(22)16-30-25-23-21(18-9-3-1-4-10-18)15-29(24(23)27-17-28-25)20-12-5-2-6-13-20/h1-15,17H,16H2. The first kappa shape index (κ1) is 18.9. The van der Waals surface area contributed by atoms with Gasteiger partial charge in [0.2, 0.25) is 0 Å². The number of hydrogen-bond acceptors (Lipinski definition) is 3. The quantitative estimate of drug-likeness (QED) is 0.223. The molecule has 2 aromatic heterocycles.